The number of pyridine rings is 1. The van der Waals surface area contributed by atoms with Gasteiger partial charge < -0.3 is 29.2 Å². The molecule has 1 aliphatic heterocycles. The first-order valence-electron chi connectivity index (χ1n) is 14.2. The van der Waals surface area contributed by atoms with Gasteiger partial charge in [0.25, 0.3) is 0 Å². The van der Waals surface area contributed by atoms with Crippen LogP contribution in [0, 0.1) is 11.3 Å². The second-order valence-electron chi connectivity index (χ2n) is 11.5. The number of fused-ring (bicyclic) bond motifs is 1. The Bertz CT molecular complexity index is 1580. The molecule has 2 aromatic carbocycles. The van der Waals surface area contributed by atoms with Gasteiger partial charge >= 0.3 is 0 Å². The minimum absolute atomic E-state index is 0.125. The normalized spacial score (nSPS) is 15.1. The number of aromatic nitrogens is 1. The van der Waals surface area contributed by atoms with Crippen molar-refractivity contribution in [1.82, 2.24) is 15.2 Å². The lowest BCUT2D eigenvalue weighted by Crippen LogP contribution is -2.47. The number of hydrogen-bond donors (Lipinski definition) is 3. The van der Waals surface area contributed by atoms with Crippen molar-refractivity contribution in [3.63, 3.8) is 0 Å². The highest BCUT2D eigenvalue weighted by Crippen LogP contribution is 2.38. The molecular weight excluding hydrogens is 530 g/mol. The van der Waals surface area contributed by atoms with Crippen molar-refractivity contribution < 1.29 is 19.0 Å². The molecule has 9 heteroatoms. The number of ether oxygens (including phenoxy) is 2. The highest BCUT2D eigenvalue weighted by atomic mass is 16.5. The SMILES string of the molecule is COc1cc(C(O)NCC(C)(C)N(C)C)ccc1-c1cc2nccc(-c3ccc(NC4CCOCC4)c(C#N)c3)c2o1. The third-order valence-corrected chi connectivity index (χ3v) is 8.19. The molecule has 0 radical (unpaired) electrons. The van der Waals surface area contributed by atoms with Crippen molar-refractivity contribution in [3.8, 4) is 34.3 Å². The van der Waals surface area contributed by atoms with Gasteiger partial charge in [0.1, 0.15) is 29.3 Å². The smallest absolute Gasteiger partial charge is 0.161 e. The second kappa shape index (κ2) is 12.5. The van der Waals surface area contributed by atoms with Gasteiger partial charge in [-0.3, -0.25) is 10.3 Å². The largest absolute Gasteiger partial charge is 0.496 e. The number of aliphatic hydroxyl groups excluding tert-OH is 1. The van der Waals surface area contributed by atoms with Gasteiger partial charge in [0.2, 0.25) is 0 Å². The number of hydrogen-bond acceptors (Lipinski definition) is 9. The van der Waals surface area contributed by atoms with Crippen molar-refractivity contribution >= 4 is 16.8 Å². The summed E-state index contributed by atoms with van der Waals surface area (Å²) < 4.78 is 17.6. The lowest BCUT2D eigenvalue weighted by molar-refractivity contribution is 0.0904. The van der Waals surface area contributed by atoms with Crippen LogP contribution in [-0.4, -0.2) is 67.5 Å². The number of nitrogens with zero attached hydrogens (tertiary/aromatic N) is 3. The zero-order valence-electron chi connectivity index (χ0n) is 24.9. The summed E-state index contributed by atoms with van der Waals surface area (Å²) in [4.78, 5) is 6.65. The van der Waals surface area contributed by atoms with E-state index >= 15 is 0 Å². The topological polar surface area (TPSA) is 116 Å². The van der Waals surface area contributed by atoms with Crippen molar-refractivity contribution in [2.75, 3.05) is 46.3 Å². The molecule has 1 saturated heterocycles. The molecule has 0 spiro atoms. The molecule has 4 aromatic rings. The Kier molecular flexibility index (Phi) is 8.80. The molecule has 3 heterocycles. The van der Waals surface area contributed by atoms with Crippen LogP contribution in [-0.2, 0) is 4.74 Å². The highest BCUT2D eigenvalue weighted by Gasteiger charge is 2.23. The monoisotopic (exact) mass is 569 g/mol. The van der Waals surface area contributed by atoms with E-state index in [0.29, 0.717) is 46.3 Å². The second-order valence-corrected chi connectivity index (χ2v) is 11.5. The molecule has 0 bridgehead atoms. The van der Waals surface area contributed by atoms with E-state index in [1.807, 2.05) is 62.6 Å². The van der Waals surface area contributed by atoms with E-state index in [-0.39, 0.29) is 5.54 Å². The Hall–Kier alpha value is -3.94. The molecule has 2 aromatic heterocycles. The first-order chi connectivity index (χ1) is 20.2. The summed E-state index contributed by atoms with van der Waals surface area (Å²) in [5.41, 5.74) is 5.76. The number of nitriles is 1. The molecule has 220 valence electrons. The summed E-state index contributed by atoms with van der Waals surface area (Å²) in [6, 6.07) is 17.8. The number of furan rings is 1. The maximum absolute atomic E-state index is 10.8. The van der Waals surface area contributed by atoms with Crippen molar-refractivity contribution in [3.05, 3.63) is 65.9 Å². The van der Waals surface area contributed by atoms with Crippen LogP contribution in [0.4, 0.5) is 5.69 Å². The number of anilines is 1. The van der Waals surface area contributed by atoms with Gasteiger partial charge in [0.15, 0.2) is 5.58 Å². The molecule has 1 aliphatic rings. The predicted octanol–water partition coefficient (Wildman–Crippen LogP) is 5.55. The predicted molar refractivity (Wildman–Crippen MR) is 164 cm³/mol. The Balaban J connectivity index is 1.42. The Labute approximate surface area is 247 Å². The van der Waals surface area contributed by atoms with Gasteiger partial charge in [-0.2, -0.15) is 5.26 Å². The van der Waals surface area contributed by atoms with E-state index in [2.05, 4.69) is 40.4 Å². The molecule has 0 aliphatic carbocycles. The maximum Gasteiger partial charge on any atom is 0.161 e. The van der Waals surface area contributed by atoms with E-state index in [1.54, 1.807) is 13.3 Å². The van der Waals surface area contributed by atoms with Crippen LogP contribution < -0.4 is 15.4 Å². The van der Waals surface area contributed by atoms with Crippen LogP contribution >= 0.6 is 0 Å². The summed E-state index contributed by atoms with van der Waals surface area (Å²) in [6.45, 7) is 6.28. The zero-order valence-corrected chi connectivity index (χ0v) is 24.9. The van der Waals surface area contributed by atoms with E-state index in [0.717, 1.165) is 48.4 Å². The Morgan fingerprint density at radius 1 is 1.12 bits per heavy atom. The molecular formula is C33H39N5O4. The van der Waals surface area contributed by atoms with E-state index in [1.165, 1.54) is 0 Å². The summed E-state index contributed by atoms with van der Waals surface area (Å²) in [5.74, 6) is 1.18. The third-order valence-electron chi connectivity index (χ3n) is 8.19. The fraction of sp³-hybridized carbons (Fsp3) is 0.394. The van der Waals surface area contributed by atoms with Crippen molar-refractivity contribution in [2.45, 2.75) is 44.5 Å². The van der Waals surface area contributed by atoms with Crippen LogP contribution in [0.1, 0.15) is 44.0 Å². The summed E-state index contributed by atoms with van der Waals surface area (Å²) in [7, 11) is 5.63. The third kappa shape index (κ3) is 6.27. The highest BCUT2D eigenvalue weighted by molar-refractivity contribution is 5.93. The van der Waals surface area contributed by atoms with Gasteiger partial charge in [-0.15, -0.1) is 0 Å². The number of methoxy groups -OCH3 is 1. The first-order valence-corrected chi connectivity index (χ1v) is 14.2. The molecule has 3 N–H and O–H groups in total. The average molecular weight is 570 g/mol. The van der Waals surface area contributed by atoms with Gasteiger partial charge in [-0.1, -0.05) is 12.1 Å². The summed E-state index contributed by atoms with van der Waals surface area (Å²) >= 11 is 0. The quantitative estimate of drug-likeness (QED) is 0.211. The number of benzene rings is 2. The van der Waals surface area contributed by atoms with E-state index in [9.17, 15) is 10.4 Å². The van der Waals surface area contributed by atoms with E-state index < -0.39 is 6.23 Å². The lowest BCUT2D eigenvalue weighted by Gasteiger charge is -2.33. The van der Waals surface area contributed by atoms with Crippen LogP contribution in [0.25, 0.3) is 33.6 Å². The van der Waals surface area contributed by atoms with Crippen LogP contribution in [0.2, 0.25) is 0 Å². The number of rotatable bonds is 10. The molecule has 42 heavy (non-hydrogen) atoms. The van der Waals surface area contributed by atoms with Gasteiger partial charge in [0.05, 0.1) is 23.9 Å². The summed E-state index contributed by atoms with van der Waals surface area (Å²) in [5, 5.41) is 27.5. The molecule has 0 saturated carbocycles. The molecule has 0 amide bonds. The molecule has 1 fully saturated rings. The minimum Gasteiger partial charge on any atom is -0.496 e. The van der Waals surface area contributed by atoms with Crippen molar-refractivity contribution in [2.24, 2.45) is 0 Å². The molecule has 5 rings (SSSR count). The fourth-order valence-corrected chi connectivity index (χ4v) is 4.99. The average Bonchev–Trinajstić information content (AvgIpc) is 3.44. The number of nitrogens with one attached hydrogen (secondary N) is 2. The van der Waals surface area contributed by atoms with Crippen molar-refractivity contribution in [1.29, 1.82) is 5.26 Å². The summed E-state index contributed by atoms with van der Waals surface area (Å²) in [6.07, 6.45) is 2.73. The van der Waals surface area contributed by atoms with Crippen LogP contribution in [0.15, 0.2) is 59.1 Å². The van der Waals surface area contributed by atoms with Gasteiger partial charge in [-0.05, 0) is 82.2 Å². The standard InChI is InChI=1S/C33H39N5O4/c1-33(2,38(3)4)20-36-32(39)22-6-8-26(29(17-22)40-5)30-18-28-31(42-30)25(10-13-35-28)21-7-9-27(23(16-21)19-34)37-24-11-14-41-15-12-24/h6-10,13,16-18,24,32,36-37,39H,11-12,14-15,20H2,1-5H3. The first kappa shape index (κ1) is 29.5. The maximum atomic E-state index is 10.8. The lowest BCUT2D eigenvalue weighted by atomic mass is 10.0. The van der Waals surface area contributed by atoms with Gasteiger partial charge in [-0.25, -0.2) is 0 Å². The van der Waals surface area contributed by atoms with Gasteiger partial charge in [0, 0.05) is 49.2 Å². The van der Waals surface area contributed by atoms with Crippen LogP contribution in [0.5, 0.6) is 5.75 Å². The zero-order chi connectivity index (χ0) is 29.9. The fourth-order valence-electron chi connectivity index (χ4n) is 4.99. The molecule has 9 nitrogen and oxygen atoms in total. The molecule has 1 unspecified atom stereocenters. The minimum atomic E-state index is -0.852. The Morgan fingerprint density at radius 2 is 1.90 bits per heavy atom. The van der Waals surface area contributed by atoms with E-state index in [4.69, 9.17) is 13.9 Å². The van der Waals surface area contributed by atoms with Crippen LogP contribution in [0.3, 0.4) is 0 Å². The number of likely N-dealkylation sites (N-methyl/N-ethyl adjacent to an activating group) is 1. The Morgan fingerprint density at radius 3 is 2.62 bits per heavy atom. The number of aliphatic hydroxyl groups is 1. The molecule has 1 atom stereocenters.